The van der Waals surface area contributed by atoms with Gasteiger partial charge < -0.3 is 15.2 Å². The number of esters is 1. The maximum absolute atomic E-state index is 11.1. The van der Waals surface area contributed by atoms with Crippen LogP contribution in [0.4, 0.5) is 0 Å². The quantitative estimate of drug-likeness (QED) is 0.725. The third-order valence-corrected chi connectivity index (χ3v) is 2.77. The smallest absolute Gasteiger partial charge is 0.321 e. The van der Waals surface area contributed by atoms with E-state index >= 15 is 0 Å². The minimum atomic E-state index is -1.05. The van der Waals surface area contributed by atoms with E-state index in [-0.39, 0.29) is 12.5 Å². The van der Waals surface area contributed by atoms with Gasteiger partial charge in [-0.3, -0.25) is 9.59 Å². The minimum Gasteiger partial charge on any atom is -0.480 e. The summed E-state index contributed by atoms with van der Waals surface area (Å²) >= 11 is 0. The van der Waals surface area contributed by atoms with Gasteiger partial charge in [-0.2, -0.15) is 0 Å². The molecule has 0 aliphatic carbocycles. The number of aliphatic carboxylic acids is 1. The molecule has 0 heterocycles. The second kappa shape index (κ2) is 7.53. The molecule has 0 radical (unpaired) electrons. The van der Waals surface area contributed by atoms with Gasteiger partial charge in [0, 0.05) is 6.04 Å². The summed E-state index contributed by atoms with van der Waals surface area (Å²) in [4.78, 5) is 22.2. The average molecular weight is 265 g/mol. The number of rotatable bonds is 7. The van der Waals surface area contributed by atoms with Crippen molar-refractivity contribution in [1.82, 2.24) is 5.32 Å². The Morgan fingerprint density at radius 1 is 1.32 bits per heavy atom. The van der Waals surface area contributed by atoms with Crippen molar-refractivity contribution in [2.75, 3.05) is 7.11 Å². The fourth-order valence-corrected chi connectivity index (χ4v) is 1.84. The minimum absolute atomic E-state index is 0.0480. The van der Waals surface area contributed by atoms with E-state index in [9.17, 15) is 9.59 Å². The van der Waals surface area contributed by atoms with Gasteiger partial charge in [0.2, 0.25) is 0 Å². The summed E-state index contributed by atoms with van der Waals surface area (Å²) in [6.07, 6.45) is 0.525. The largest absolute Gasteiger partial charge is 0.480 e. The molecule has 0 saturated heterocycles. The molecule has 2 N–H and O–H groups in total. The molecule has 0 bridgehead atoms. The van der Waals surface area contributed by atoms with Crippen LogP contribution >= 0.6 is 0 Å². The maximum Gasteiger partial charge on any atom is 0.321 e. The van der Waals surface area contributed by atoms with Crippen LogP contribution in [-0.4, -0.2) is 36.2 Å². The van der Waals surface area contributed by atoms with Gasteiger partial charge in [-0.15, -0.1) is 0 Å². The van der Waals surface area contributed by atoms with E-state index in [0.29, 0.717) is 6.42 Å². The lowest BCUT2D eigenvalue weighted by atomic mass is 10.1. The molecule has 104 valence electrons. The van der Waals surface area contributed by atoms with Crippen LogP contribution in [-0.2, 0) is 20.7 Å². The Hall–Kier alpha value is -1.88. The Balaban J connectivity index is 2.54. The van der Waals surface area contributed by atoms with Crippen molar-refractivity contribution in [3.63, 3.8) is 0 Å². The molecule has 0 aliphatic heterocycles. The van der Waals surface area contributed by atoms with Crippen LogP contribution < -0.4 is 5.32 Å². The van der Waals surface area contributed by atoms with E-state index in [1.165, 1.54) is 7.11 Å². The fourth-order valence-electron chi connectivity index (χ4n) is 1.84. The molecule has 0 amide bonds. The van der Waals surface area contributed by atoms with Gasteiger partial charge in [-0.25, -0.2) is 0 Å². The molecule has 0 spiro atoms. The number of carboxylic acid groups (broad SMARTS) is 1. The molecule has 0 saturated carbocycles. The van der Waals surface area contributed by atoms with Crippen molar-refractivity contribution in [2.45, 2.75) is 31.8 Å². The number of hydrogen-bond donors (Lipinski definition) is 2. The van der Waals surface area contributed by atoms with Gasteiger partial charge in [0.1, 0.15) is 6.04 Å². The number of benzene rings is 1. The molecule has 0 fully saturated rings. The van der Waals surface area contributed by atoms with E-state index in [1.54, 1.807) is 0 Å². The third-order valence-electron chi connectivity index (χ3n) is 2.77. The molecular weight excluding hydrogens is 246 g/mol. The number of carboxylic acids is 1. The maximum atomic E-state index is 11.1. The van der Waals surface area contributed by atoms with Crippen molar-refractivity contribution in [3.05, 3.63) is 35.9 Å². The monoisotopic (exact) mass is 265 g/mol. The summed E-state index contributed by atoms with van der Waals surface area (Å²) in [5.74, 6) is -1.59. The number of ether oxygens (including phenoxy) is 1. The van der Waals surface area contributed by atoms with E-state index in [0.717, 1.165) is 5.56 Å². The van der Waals surface area contributed by atoms with Crippen molar-refractivity contribution in [3.8, 4) is 0 Å². The van der Waals surface area contributed by atoms with Gasteiger partial charge in [0.05, 0.1) is 13.5 Å². The molecule has 0 aromatic heterocycles. The van der Waals surface area contributed by atoms with E-state index in [2.05, 4.69) is 10.1 Å². The van der Waals surface area contributed by atoms with E-state index in [1.807, 2.05) is 37.3 Å². The lowest BCUT2D eigenvalue weighted by Gasteiger charge is -2.19. The van der Waals surface area contributed by atoms with Gasteiger partial charge in [0.25, 0.3) is 0 Å². The zero-order valence-electron chi connectivity index (χ0n) is 11.1. The summed E-state index contributed by atoms with van der Waals surface area (Å²) in [7, 11) is 1.24. The first-order valence-electron chi connectivity index (χ1n) is 6.12. The molecule has 1 aromatic rings. The standard InChI is InChI=1S/C14H19NO4/c1-10(8-11-6-4-3-5-7-11)15-12(14(17)18)9-13(16)19-2/h3-7,10,12,15H,8-9H2,1-2H3,(H,17,18)/t10-,12-/m0/s1. The highest BCUT2D eigenvalue weighted by atomic mass is 16.5. The van der Waals surface area contributed by atoms with Crippen molar-refractivity contribution in [2.24, 2.45) is 0 Å². The SMILES string of the molecule is COC(=O)C[C@H](N[C@@H](C)Cc1ccccc1)C(=O)O. The van der Waals surface area contributed by atoms with Crippen LogP contribution in [0.15, 0.2) is 30.3 Å². The molecule has 5 heteroatoms. The molecule has 5 nitrogen and oxygen atoms in total. The molecule has 19 heavy (non-hydrogen) atoms. The van der Waals surface area contributed by atoms with E-state index in [4.69, 9.17) is 5.11 Å². The molecule has 1 rings (SSSR count). The first-order valence-corrected chi connectivity index (χ1v) is 6.12. The predicted molar refractivity (Wildman–Crippen MR) is 70.8 cm³/mol. The number of hydrogen-bond acceptors (Lipinski definition) is 4. The van der Waals surface area contributed by atoms with Crippen LogP contribution in [0.1, 0.15) is 18.9 Å². The highest BCUT2D eigenvalue weighted by molar-refractivity contribution is 5.81. The zero-order valence-corrected chi connectivity index (χ0v) is 11.1. The Morgan fingerprint density at radius 2 is 1.95 bits per heavy atom. The summed E-state index contributed by atoms with van der Waals surface area (Å²) < 4.78 is 4.49. The fraction of sp³-hybridized carbons (Fsp3) is 0.429. The van der Waals surface area contributed by atoms with Gasteiger partial charge >= 0.3 is 11.9 Å². The van der Waals surface area contributed by atoms with Gasteiger partial charge in [0.15, 0.2) is 0 Å². The third kappa shape index (κ3) is 5.52. The van der Waals surface area contributed by atoms with Crippen LogP contribution in [0.25, 0.3) is 0 Å². The van der Waals surface area contributed by atoms with Gasteiger partial charge in [-0.1, -0.05) is 30.3 Å². The zero-order chi connectivity index (χ0) is 14.3. The predicted octanol–water partition coefficient (Wildman–Crippen LogP) is 1.22. The van der Waals surface area contributed by atoms with Crippen molar-refractivity contribution >= 4 is 11.9 Å². The molecular formula is C14H19NO4. The van der Waals surface area contributed by atoms with Crippen LogP contribution in [0.5, 0.6) is 0 Å². The van der Waals surface area contributed by atoms with Crippen LogP contribution in [0, 0.1) is 0 Å². The molecule has 1 aromatic carbocycles. The topological polar surface area (TPSA) is 75.6 Å². The summed E-state index contributed by atoms with van der Waals surface area (Å²) in [5, 5.41) is 12.0. The first-order chi connectivity index (χ1) is 9.02. The number of carbonyl (C=O) groups excluding carboxylic acids is 1. The number of methoxy groups -OCH3 is 1. The Morgan fingerprint density at radius 3 is 2.47 bits per heavy atom. The number of carbonyl (C=O) groups is 2. The van der Waals surface area contributed by atoms with Crippen molar-refractivity contribution < 1.29 is 19.4 Å². The Labute approximate surface area is 112 Å². The normalized spacial score (nSPS) is 13.6. The average Bonchev–Trinajstić information content (AvgIpc) is 2.38. The van der Waals surface area contributed by atoms with Gasteiger partial charge in [-0.05, 0) is 18.9 Å². The lowest BCUT2D eigenvalue weighted by Crippen LogP contribution is -2.44. The highest BCUT2D eigenvalue weighted by Crippen LogP contribution is 2.05. The van der Waals surface area contributed by atoms with Crippen molar-refractivity contribution in [1.29, 1.82) is 0 Å². The Bertz CT molecular complexity index is 419. The Kier molecular flexibility index (Phi) is 6.02. The van der Waals surface area contributed by atoms with E-state index < -0.39 is 18.0 Å². The summed E-state index contributed by atoms with van der Waals surface area (Å²) in [5.41, 5.74) is 1.12. The molecule has 0 aliphatic rings. The molecule has 2 atom stereocenters. The lowest BCUT2D eigenvalue weighted by molar-refractivity contribution is -0.147. The molecule has 0 unspecified atom stereocenters. The summed E-state index contributed by atoms with van der Waals surface area (Å²) in [6, 6.07) is 8.79. The second-order valence-electron chi connectivity index (χ2n) is 4.43. The number of nitrogens with one attached hydrogen (secondary N) is 1. The second-order valence-corrected chi connectivity index (χ2v) is 4.43. The van der Waals surface area contributed by atoms with Crippen LogP contribution in [0.2, 0.25) is 0 Å². The first kappa shape index (κ1) is 15.2. The summed E-state index contributed by atoms with van der Waals surface area (Å²) in [6.45, 7) is 1.89. The van der Waals surface area contributed by atoms with Crippen LogP contribution in [0.3, 0.4) is 0 Å². The highest BCUT2D eigenvalue weighted by Gasteiger charge is 2.23.